The smallest absolute Gasteiger partial charge is 0.246 e. The van der Waals surface area contributed by atoms with E-state index < -0.39 is 10.0 Å². The van der Waals surface area contributed by atoms with Crippen LogP contribution in [0.15, 0.2) is 11.1 Å². The van der Waals surface area contributed by atoms with Gasteiger partial charge >= 0.3 is 0 Å². The molecule has 0 bridgehead atoms. The first-order valence-electron chi connectivity index (χ1n) is 7.30. The summed E-state index contributed by atoms with van der Waals surface area (Å²) in [6.07, 6.45) is 3.79. The number of aryl methyl sites for hydroxylation is 1. The van der Waals surface area contributed by atoms with Crippen LogP contribution >= 0.6 is 0 Å². The third kappa shape index (κ3) is 2.17. The molecule has 0 spiro atoms. The second-order valence-electron chi connectivity index (χ2n) is 5.61. The van der Waals surface area contributed by atoms with Crippen molar-refractivity contribution in [2.45, 2.75) is 44.2 Å². The lowest BCUT2D eigenvalue weighted by Gasteiger charge is -2.36. The first kappa shape index (κ1) is 14.0. The lowest BCUT2D eigenvalue weighted by Crippen LogP contribution is -2.51. The molecule has 1 unspecified atom stereocenters. The van der Waals surface area contributed by atoms with Crippen molar-refractivity contribution >= 4 is 10.0 Å². The molecule has 20 heavy (non-hydrogen) atoms. The van der Waals surface area contributed by atoms with Gasteiger partial charge in [0.15, 0.2) is 0 Å². The molecule has 7 heteroatoms. The maximum Gasteiger partial charge on any atom is 0.246 e. The van der Waals surface area contributed by atoms with Crippen LogP contribution in [-0.4, -0.2) is 59.6 Å². The summed E-state index contributed by atoms with van der Waals surface area (Å²) >= 11 is 0. The Labute approximate surface area is 120 Å². The van der Waals surface area contributed by atoms with E-state index in [4.69, 9.17) is 0 Å². The molecular formula is C13H22N4O2S. The third-order valence-corrected chi connectivity index (χ3v) is 6.49. The van der Waals surface area contributed by atoms with E-state index in [0.29, 0.717) is 30.6 Å². The number of piperazine rings is 1. The molecule has 2 fully saturated rings. The molecule has 2 aliphatic rings. The Hall–Kier alpha value is -0.920. The minimum Gasteiger partial charge on any atom is -0.298 e. The summed E-state index contributed by atoms with van der Waals surface area (Å²) in [6, 6.07) is 0.403. The molecule has 112 valence electrons. The lowest BCUT2D eigenvalue weighted by atomic mass is 10.2. The highest BCUT2D eigenvalue weighted by molar-refractivity contribution is 7.89. The highest BCUT2D eigenvalue weighted by Gasteiger charge is 2.37. The molecule has 3 heterocycles. The molecule has 1 aromatic heterocycles. The van der Waals surface area contributed by atoms with Gasteiger partial charge in [0.05, 0.1) is 11.9 Å². The fraction of sp³-hybridized carbons (Fsp3) is 0.769. The Morgan fingerprint density at radius 3 is 2.85 bits per heavy atom. The maximum atomic E-state index is 12.8. The molecule has 0 saturated carbocycles. The van der Waals surface area contributed by atoms with Gasteiger partial charge < -0.3 is 0 Å². The summed E-state index contributed by atoms with van der Waals surface area (Å²) in [4.78, 5) is 2.78. The maximum absolute atomic E-state index is 12.8. The van der Waals surface area contributed by atoms with Crippen LogP contribution in [0.3, 0.4) is 0 Å². The van der Waals surface area contributed by atoms with Crippen LogP contribution in [0.25, 0.3) is 0 Å². The predicted octanol–water partition coefficient (Wildman–Crippen LogP) is 0.680. The van der Waals surface area contributed by atoms with E-state index in [1.54, 1.807) is 8.99 Å². The van der Waals surface area contributed by atoms with Crippen molar-refractivity contribution in [3.63, 3.8) is 0 Å². The van der Waals surface area contributed by atoms with Gasteiger partial charge in [-0.15, -0.1) is 0 Å². The molecule has 3 rings (SSSR count). The molecule has 6 nitrogen and oxygen atoms in total. The normalized spacial score (nSPS) is 25.0. The van der Waals surface area contributed by atoms with E-state index in [9.17, 15) is 8.42 Å². The molecule has 2 aliphatic heterocycles. The van der Waals surface area contributed by atoms with Crippen molar-refractivity contribution in [2.24, 2.45) is 0 Å². The Bertz CT molecular complexity index is 596. The van der Waals surface area contributed by atoms with E-state index in [1.165, 1.54) is 12.6 Å². The highest BCUT2D eigenvalue weighted by Crippen LogP contribution is 2.26. The minimum absolute atomic E-state index is 0.366. The fourth-order valence-electron chi connectivity index (χ4n) is 3.32. The largest absolute Gasteiger partial charge is 0.298 e. The summed E-state index contributed by atoms with van der Waals surface area (Å²) in [5.41, 5.74) is 0.737. The highest BCUT2D eigenvalue weighted by atomic mass is 32.2. The second-order valence-corrected chi connectivity index (χ2v) is 7.51. The average Bonchev–Trinajstić information content (AvgIpc) is 3.03. The second kappa shape index (κ2) is 5.13. The zero-order valence-corrected chi connectivity index (χ0v) is 12.9. The summed E-state index contributed by atoms with van der Waals surface area (Å²) in [5, 5.41) is 4.16. The Morgan fingerprint density at radius 2 is 2.15 bits per heavy atom. The summed E-state index contributed by atoms with van der Waals surface area (Å²) in [5.74, 6) is 0. The Kier molecular flexibility index (Phi) is 3.60. The molecule has 0 amide bonds. The van der Waals surface area contributed by atoms with Crippen LogP contribution in [-0.2, 0) is 16.6 Å². The molecule has 1 atom stereocenters. The van der Waals surface area contributed by atoms with E-state index in [0.717, 1.165) is 25.2 Å². The van der Waals surface area contributed by atoms with Crippen molar-refractivity contribution in [3.05, 3.63) is 11.9 Å². The van der Waals surface area contributed by atoms with Gasteiger partial charge in [-0.3, -0.25) is 9.58 Å². The third-order valence-electron chi connectivity index (χ3n) is 4.53. The first-order valence-corrected chi connectivity index (χ1v) is 8.74. The van der Waals surface area contributed by atoms with E-state index >= 15 is 0 Å². The number of nitrogens with zero attached hydrogens (tertiary/aromatic N) is 4. The molecule has 0 radical (unpaired) electrons. The SMILES string of the molecule is CCn1ncc(S(=O)(=O)N2CCN3CCCC3C2)c1C. The summed E-state index contributed by atoms with van der Waals surface area (Å²) < 4.78 is 28.9. The molecule has 2 saturated heterocycles. The zero-order chi connectivity index (χ0) is 14.3. The molecule has 1 aromatic rings. The van der Waals surface area contributed by atoms with Crippen molar-refractivity contribution < 1.29 is 8.42 Å². The lowest BCUT2D eigenvalue weighted by molar-refractivity contribution is 0.158. The number of hydrogen-bond donors (Lipinski definition) is 0. The summed E-state index contributed by atoms with van der Waals surface area (Å²) in [6.45, 7) is 7.67. The van der Waals surface area contributed by atoms with Crippen LogP contribution in [0.2, 0.25) is 0 Å². The quantitative estimate of drug-likeness (QED) is 0.823. The topological polar surface area (TPSA) is 58.4 Å². The van der Waals surface area contributed by atoms with Gasteiger partial charge in [0.25, 0.3) is 0 Å². The number of rotatable bonds is 3. The van der Waals surface area contributed by atoms with Crippen molar-refractivity contribution in [3.8, 4) is 0 Å². The minimum atomic E-state index is -3.40. The standard InChI is InChI=1S/C13H22N4O2S/c1-3-17-11(2)13(9-14-17)20(18,19)16-8-7-15-6-4-5-12(15)10-16/h9,12H,3-8,10H2,1-2H3. The van der Waals surface area contributed by atoms with Crippen LogP contribution in [0, 0.1) is 6.92 Å². The van der Waals surface area contributed by atoms with Gasteiger partial charge in [-0.1, -0.05) is 0 Å². The van der Waals surface area contributed by atoms with Crippen molar-refractivity contribution in [1.82, 2.24) is 19.0 Å². The first-order chi connectivity index (χ1) is 9.54. The predicted molar refractivity (Wildman–Crippen MR) is 76.0 cm³/mol. The molecule has 0 aromatic carbocycles. The monoisotopic (exact) mass is 298 g/mol. The van der Waals surface area contributed by atoms with Gasteiger partial charge in [-0.25, -0.2) is 8.42 Å². The van der Waals surface area contributed by atoms with Crippen LogP contribution in [0.4, 0.5) is 0 Å². The van der Waals surface area contributed by atoms with Gasteiger partial charge in [0, 0.05) is 32.2 Å². The van der Waals surface area contributed by atoms with E-state index in [-0.39, 0.29) is 0 Å². The Morgan fingerprint density at radius 1 is 1.35 bits per heavy atom. The average molecular weight is 298 g/mol. The molecular weight excluding hydrogens is 276 g/mol. The zero-order valence-electron chi connectivity index (χ0n) is 12.1. The fourth-order valence-corrected chi connectivity index (χ4v) is 4.95. The van der Waals surface area contributed by atoms with Gasteiger partial charge in [0.2, 0.25) is 10.0 Å². The van der Waals surface area contributed by atoms with Crippen LogP contribution in [0.5, 0.6) is 0 Å². The summed E-state index contributed by atoms with van der Waals surface area (Å²) in [7, 11) is -3.40. The molecule has 0 N–H and O–H groups in total. The van der Waals surface area contributed by atoms with Crippen LogP contribution in [0.1, 0.15) is 25.5 Å². The van der Waals surface area contributed by atoms with Crippen molar-refractivity contribution in [1.29, 1.82) is 0 Å². The van der Waals surface area contributed by atoms with E-state index in [2.05, 4.69) is 10.00 Å². The number of sulfonamides is 1. The Balaban J connectivity index is 1.86. The number of aromatic nitrogens is 2. The number of hydrogen-bond acceptors (Lipinski definition) is 4. The van der Waals surface area contributed by atoms with Gasteiger partial charge in [0.1, 0.15) is 4.90 Å². The van der Waals surface area contributed by atoms with Crippen LogP contribution < -0.4 is 0 Å². The number of fused-ring (bicyclic) bond motifs is 1. The van der Waals surface area contributed by atoms with Gasteiger partial charge in [-0.05, 0) is 33.2 Å². The van der Waals surface area contributed by atoms with Gasteiger partial charge in [-0.2, -0.15) is 9.40 Å². The molecule has 0 aliphatic carbocycles. The van der Waals surface area contributed by atoms with Crippen molar-refractivity contribution in [2.75, 3.05) is 26.2 Å². The van der Waals surface area contributed by atoms with E-state index in [1.807, 2.05) is 13.8 Å².